The first-order chi connectivity index (χ1) is 1.73. The van der Waals surface area contributed by atoms with E-state index in [2.05, 4.69) is 0 Å². The molecular formula is H2CuIO4+. The van der Waals surface area contributed by atoms with E-state index >= 15 is 0 Å². The van der Waals surface area contributed by atoms with E-state index < -0.39 is 21.1 Å². The van der Waals surface area contributed by atoms with Gasteiger partial charge in [0.25, 0.3) is 21.1 Å². The average molecular weight is 256 g/mol. The van der Waals surface area contributed by atoms with Crippen LogP contribution in [0, 0.1) is 0 Å². The van der Waals surface area contributed by atoms with Gasteiger partial charge >= 0.3 is 17.1 Å². The molecule has 0 spiro atoms. The molecule has 1 radical (unpaired) electrons. The second-order valence-corrected chi connectivity index (χ2v) is 1.27. The molecule has 6 heavy (non-hydrogen) atoms. The van der Waals surface area contributed by atoms with Gasteiger partial charge in [-0.15, -0.1) is 0 Å². The maximum atomic E-state index is 8.57. The molecule has 0 bridgehead atoms. The molecule has 0 aromatic carbocycles. The van der Waals surface area contributed by atoms with Crippen molar-refractivity contribution < 1.29 is 53.9 Å². The number of hydrogen-bond acceptors (Lipinski definition) is 3. The number of halogens is 1. The summed E-state index contributed by atoms with van der Waals surface area (Å²) in [4.78, 5) is 0. The average Bonchev–Trinajstić information content (AvgIpc) is 0.811. The monoisotopic (exact) mass is 256 g/mol. The number of rotatable bonds is 0. The summed E-state index contributed by atoms with van der Waals surface area (Å²) in [6, 6.07) is 0. The molecule has 0 aliphatic rings. The predicted octanol–water partition coefficient (Wildman–Crippen LogP) is -7.39. The van der Waals surface area contributed by atoms with Crippen molar-refractivity contribution in [1.29, 1.82) is 0 Å². The van der Waals surface area contributed by atoms with Crippen LogP contribution >= 0.6 is 0 Å². The van der Waals surface area contributed by atoms with E-state index in [-0.39, 0.29) is 22.5 Å². The molecule has 0 aliphatic carbocycles. The molecule has 0 aromatic rings. The first-order valence-corrected chi connectivity index (χ1v) is 3.11. The van der Waals surface area contributed by atoms with Crippen molar-refractivity contribution in [2.75, 3.05) is 0 Å². The van der Waals surface area contributed by atoms with Gasteiger partial charge in [-0.1, -0.05) is 0 Å². The minimum atomic E-state index is -4.01. The fourth-order valence-electron chi connectivity index (χ4n) is 0. The van der Waals surface area contributed by atoms with Crippen molar-refractivity contribution in [2.45, 2.75) is 0 Å². The molecule has 0 aliphatic heterocycles. The van der Waals surface area contributed by atoms with E-state index in [9.17, 15) is 0 Å². The van der Waals surface area contributed by atoms with Crippen LogP contribution in [0.3, 0.4) is 0 Å². The second kappa shape index (κ2) is 9.43. The topological polar surface area (TPSA) is 101 Å². The van der Waals surface area contributed by atoms with E-state index in [0.717, 1.165) is 0 Å². The predicted molar refractivity (Wildman–Crippen MR) is 3.61 cm³/mol. The molecule has 0 atom stereocenters. The first kappa shape index (κ1) is 15.7. The molecule has 6 heteroatoms. The summed E-state index contributed by atoms with van der Waals surface area (Å²) >= 11 is -4.01. The van der Waals surface area contributed by atoms with E-state index in [4.69, 9.17) is 10.3 Å². The Hall–Kier alpha value is 1.09. The van der Waals surface area contributed by atoms with Crippen molar-refractivity contribution >= 4 is 0 Å². The van der Waals surface area contributed by atoms with Crippen molar-refractivity contribution in [3.05, 3.63) is 0 Å². The van der Waals surface area contributed by atoms with Gasteiger partial charge in [0, 0.05) is 0 Å². The van der Waals surface area contributed by atoms with Crippen LogP contribution in [0.2, 0.25) is 0 Å². The minimum absolute atomic E-state index is 0. The molecule has 0 amide bonds. The molecule has 0 saturated carbocycles. The fraction of sp³-hybridized carbons (Fsp3) is 0. The Morgan fingerprint density at radius 3 is 1.00 bits per heavy atom. The summed E-state index contributed by atoms with van der Waals surface area (Å²) in [5.74, 6) is 0. The molecule has 4 nitrogen and oxygen atoms in total. The SMILES string of the molecule is O.[Cu+2].[O-][I+2]([O-])[O-]. The van der Waals surface area contributed by atoms with Gasteiger partial charge in [0.2, 0.25) is 0 Å². The Morgan fingerprint density at radius 1 is 1.00 bits per heavy atom. The minimum Gasteiger partial charge on any atom is -0.427 e. The van der Waals surface area contributed by atoms with Crippen LogP contribution in [-0.2, 0) is 17.1 Å². The smallest absolute Gasteiger partial charge is 0.427 e. The van der Waals surface area contributed by atoms with Crippen LogP contribution < -0.4 is 31.4 Å². The Balaban J connectivity index is -0.0000000450. The van der Waals surface area contributed by atoms with Crippen LogP contribution in [0.1, 0.15) is 0 Å². The zero-order valence-corrected chi connectivity index (χ0v) is 5.50. The Labute approximate surface area is 54.0 Å². The van der Waals surface area contributed by atoms with E-state index in [0.29, 0.717) is 0 Å². The Kier molecular flexibility index (Phi) is 24.7. The zero-order chi connectivity index (χ0) is 3.58. The van der Waals surface area contributed by atoms with Gasteiger partial charge < -0.3 is 15.8 Å². The molecular weight excluding hydrogens is 254 g/mol. The summed E-state index contributed by atoms with van der Waals surface area (Å²) < 4.78 is 25.7. The van der Waals surface area contributed by atoms with Gasteiger partial charge in [-0.3, -0.25) is 0 Å². The third kappa shape index (κ3) is 71.7. The van der Waals surface area contributed by atoms with Gasteiger partial charge in [-0.2, -0.15) is 0 Å². The third-order valence-corrected chi connectivity index (χ3v) is 0. The standard InChI is InChI=1S/Cu.IO3.H2O/c;2-1(3)4;/h;;1H2/q+2;-1;. The normalized spacial score (nSPS) is 6.00. The van der Waals surface area contributed by atoms with Gasteiger partial charge in [0.15, 0.2) is 0 Å². The summed E-state index contributed by atoms with van der Waals surface area (Å²) in [6.07, 6.45) is 0. The Morgan fingerprint density at radius 2 is 1.00 bits per heavy atom. The van der Waals surface area contributed by atoms with Crippen molar-refractivity contribution in [3.8, 4) is 0 Å². The maximum absolute atomic E-state index is 8.57. The van der Waals surface area contributed by atoms with Crippen molar-refractivity contribution in [1.82, 2.24) is 0 Å². The molecule has 2 N–H and O–H groups in total. The number of hydrogen-bond donors (Lipinski definition) is 0. The quantitative estimate of drug-likeness (QED) is 0.318. The van der Waals surface area contributed by atoms with Crippen LogP contribution in [-0.4, -0.2) is 5.48 Å². The van der Waals surface area contributed by atoms with Crippen molar-refractivity contribution in [2.24, 2.45) is 0 Å². The molecule has 0 aromatic heterocycles. The Bertz CT molecular complexity index is 12.3. The largest absolute Gasteiger partial charge is 2.00 e. The molecule has 0 heterocycles. The summed E-state index contributed by atoms with van der Waals surface area (Å²) in [6.45, 7) is 0. The molecule has 0 rings (SSSR count). The molecule has 0 unspecified atom stereocenters. The van der Waals surface area contributed by atoms with E-state index in [1.807, 2.05) is 0 Å². The van der Waals surface area contributed by atoms with E-state index in [1.165, 1.54) is 0 Å². The van der Waals surface area contributed by atoms with Gasteiger partial charge in [0.1, 0.15) is 0 Å². The van der Waals surface area contributed by atoms with Gasteiger partial charge in [0.05, 0.1) is 0 Å². The second-order valence-electron chi connectivity index (χ2n) is 0.189. The maximum Gasteiger partial charge on any atom is 2.00 e. The van der Waals surface area contributed by atoms with Gasteiger partial charge in [-0.25, -0.2) is 0 Å². The third-order valence-electron chi connectivity index (χ3n) is 0. The summed E-state index contributed by atoms with van der Waals surface area (Å²) in [7, 11) is 0. The van der Waals surface area contributed by atoms with Crippen LogP contribution in [0.15, 0.2) is 0 Å². The van der Waals surface area contributed by atoms with Crippen molar-refractivity contribution in [3.63, 3.8) is 0 Å². The first-order valence-electron chi connectivity index (χ1n) is 0.463. The van der Waals surface area contributed by atoms with Crippen LogP contribution in [0.4, 0.5) is 0 Å². The molecule has 0 fully saturated rings. The van der Waals surface area contributed by atoms with E-state index in [1.54, 1.807) is 0 Å². The molecule has 43 valence electrons. The summed E-state index contributed by atoms with van der Waals surface area (Å²) in [5.41, 5.74) is 0. The fourth-order valence-corrected chi connectivity index (χ4v) is 0. The zero-order valence-electron chi connectivity index (χ0n) is 2.40. The molecule has 0 saturated heterocycles. The van der Waals surface area contributed by atoms with Crippen LogP contribution in [0.25, 0.3) is 0 Å². The van der Waals surface area contributed by atoms with Crippen LogP contribution in [0.5, 0.6) is 0 Å². The summed E-state index contributed by atoms with van der Waals surface area (Å²) in [5, 5.41) is 0. The van der Waals surface area contributed by atoms with Gasteiger partial charge in [-0.05, 0) is 0 Å².